The zero-order chi connectivity index (χ0) is 6.85. The Kier molecular flexibility index (Phi) is 1.48. The van der Waals surface area contributed by atoms with Gasteiger partial charge in [-0.05, 0) is 18.5 Å². The molecule has 48 valence electrons. The van der Waals surface area contributed by atoms with Crippen LogP contribution >= 0.6 is 11.5 Å². The molecule has 0 spiro atoms. The summed E-state index contributed by atoms with van der Waals surface area (Å²) in [7, 11) is 0. The topological polar surface area (TPSA) is 56.0 Å². The molecule has 0 radical (unpaired) electrons. The van der Waals surface area contributed by atoms with Crippen molar-refractivity contribution in [2.45, 2.75) is 6.92 Å². The van der Waals surface area contributed by atoms with E-state index in [0.29, 0.717) is 16.3 Å². The number of hydrogen-bond donors (Lipinski definition) is 1. The van der Waals surface area contributed by atoms with Gasteiger partial charge in [-0.3, -0.25) is 4.79 Å². The number of nitrogens with zero attached hydrogens (tertiary/aromatic N) is 1. The minimum Gasteiger partial charge on any atom is -0.389 e. The van der Waals surface area contributed by atoms with Crippen LogP contribution in [0.1, 0.15) is 16.1 Å². The van der Waals surface area contributed by atoms with Gasteiger partial charge >= 0.3 is 0 Å². The molecule has 1 rings (SSSR count). The van der Waals surface area contributed by atoms with Gasteiger partial charge in [0.1, 0.15) is 5.00 Å². The van der Waals surface area contributed by atoms with E-state index >= 15 is 0 Å². The van der Waals surface area contributed by atoms with Crippen LogP contribution in [0.25, 0.3) is 0 Å². The zero-order valence-electron chi connectivity index (χ0n) is 4.92. The Bertz CT molecular complexity index is 211. The summed E-state index contributed by atoms with van der Waals surface area (Å²) < 4.78 is 3.87. The van der Waals surface area contributed by atoms with Gasteiger partial charge in [0.2, 0.25) is 0 Å². The van der Waals surface area contributed by atoms with E-state index in [2.05, 4.69) is 4.37 Å². The van der Waals surface area contributed by atoms with E-state index in [-0.39, 0.29) is 0 Å². The van der Waals surface area contributed by atoms with Gasteiger partial charge in [-0.2, -0.15) is 4.37 Å². The first kappa shape index (κ1) is 6.22. The molecule has 0 amide bonds. The molecule has 1 aromatic rings. The first-order chi connectivity index (χ1) is 4.25. The van der Waals surface area contributed by atoms with Crippen molar-refractivity contribution in [3.63, 3.8) is 0 Å². The number of nitrogen functional groups attached to an aromatic ring is 1. The van der Waals surface area contributed by atoms with Crippen LogP contribution in [-0.2, 0) is 0 Å². The summed E-state index contributed by atoms with van der Waals surface area (Å²) in [4.78, 5) is 10.2. The van der Waals surface area contributed by atoms with E-state index < -0.39 is 0 Å². The van der Waals surface area contributed by atoms with Gasteiger partial charge in [0.25, 0.3) is 0 Å². The SMILES string of the molecule is Cc1nsc(N)c1C=O. The highest BCUT2D eigenvalue weighted by molar-refractivity contribution is 7.10. The molecule has 0 aliphatic heterocycles. The second-order valence-corrected chi connectivity index (χ2v) is 2.47. The third kappa shape index (κ3) is 0.929. The molecule has 0 saturated heterocycles. The summed E-state index contributed by atoms with van der Waals surface area (Å²) in [6.07, 6.45) is 0.730. The van der Waals surface area contributed by atoms with Crippen molar-refractivity contribution >= 4 is 22.8 Å². The maximum Gasteiger partial charge on any atom is 0.154 e. The predicted molar refractivity (Wildman–Crippen MR) is 36.7 cm³/mol. The number of aromatic nitrogens is 1. The second-order valence-electron chi connectivity index (χ2n) is 1.66. The van der Waals surface area contributed by atoms with Gasteiger partial charge in [-0.1, -0.05) is 0 Å². The first-order valence-corrected chi connectivity index (χ1v) is 3.20. The minimum atomic E-state index is 0.502. The number of rotatable bonds is 1. The standard InChI is InChI=1S/C5H6N2OS/c1-3-4(2-8)5(6)9-7-3/h2H,6H2,1H3. The number of hydrogen-bond acceptors (Lipinski definition) is 4. The Morgan fingerprint density at radius 3 is 2.67 bits per heavy atom. The molecule has 9 heavy (non-hydrogen) atoms. The molecule has 1 heterocycles. The number of anilines is 1. The highest BCUT2D eigenvalue weighted by Gasteiger charge is 2.03. The summed E-state index contributed by atoms with van der Waals surface area (Å²) in [5.74, 6) is 0. The van der Waals surface area contributed by atoms with Gasteiger partial charge in [0.05, 0.1) is 11.3 Å². The lowest BCUT2D eigenvalue weighted by atomic mass is 10.3. The molecule has 4 heteroatoms. The largest absolute Gasteiger partial charge is 0.389 e. The summed E-state index contributed by atoms with van der Waals surface area (Å²) in [5, 5.41) is 0.502. The average Bonchev–Trinajstić information content (AvgIpc) is 2.12. The van der Waals surface area contributed by atoms with Crippen LogP contribution in [0.4, 0.5) is 5.00 Å². The smallest absolute Gasteiger partial charge is 0.154 e. The fourth-order valence-electron chi connectivity index (χ4n) is 0.538. The number of aryl methyl sites for hydroxylation is 1. The molecule has 3 nitrogen and oxygen atoms in total. The molecule has 0 aromatic carbocycles. The van der Waals surface area contributed by atoms with Crippen molar-refractivity contribution in [2.24, 2.45) is 0 Å². The summed E-state index contributed by atoms with van der Waals surface area (Å²) in [5.41, 5.74) is 6.62. The van der Waals surface area contributed by atoms with Gasteiger partial charge in [-0.15, -0.1) is 0 Å². The molecule has 0 bridgehead atoms. The Hall–Kier alpha value is -0.900. The van der Waals surface area contributed by atoms with E-state index in [9.17, 15) is 4.79 Å². The zero-order valence-corrected chi connectivity index (χ0v) is 5.73. The molecule has 0 fully saturated rings. The molecular weight excluding hydrogens is 136 g/mol. The normalized spacial score (nSPS) is 9.44. The third-order valence-corrected chi connectivity index (χ3v) is 1.84. The number of aldehydes is 1. The predicted octanol–water partition coefficient (Wildman–Crippen LogP) is 0.846. The maximum atomic E-state index is 10.2. The lowest BCUT2D eigenvalue weighted by molar-refractivity contribution is 0.112. The lowest BCUT2D eigenvalue weighted by Gasteiger charge is -1.83. The van der Waals surface area contributed by atoms with Crippen LogP contribution in [0.5, 0.6) is 0 Å². The molecule has 2 N–H and O–H groups in total. The minimum absolute atomic E-state index is 0.502. The Balaban J connectivity index is 3.22. The number of carbonyl (C=O) groups is 1. The summed E-state index contributed by atoms with van der Waals surface area (Å²) >= 11 is 1.15. The Morgan fingerprint density at radius 2 is 2.44 bits per heavy atom. The Labute approximate surface area is 56.7 Å². The van der Waals surface area contributed by atoms with Crippen LogP contribution in [0.2, 0.25) is 0 Å². The highest BCUT2D eigenvalue weighted by atomic mass is 32.1. The first-order valence-electron chi connectivity index (χ1n) is 2.42. The molecule has 0 saturated carbocycles. The summed E-state index contributed by atoms with van der Waals surface area (Å²) in [6.45, 7) is 1.76. The number of nitrogens with two attached hydrogens (primary N) is 1. The van der Waals surface area contributed by atoms with Crippen molar-refractivity contribution in [3.8, 4) is 0 Å². The van der Waals surface area contributed by atoms with Crippen LogP contribution < -0.4 is 5.73 Å². The van der Waals surface area contributed by atoms with Crippen molar-refractivity contribution in [2.75, 3.05) is 5.73 Å². The molecule has 0 unspecified atom stereocenters. The monoisotopic (exact) mass is 142 g/mol. The third-order valence-electron chi connectivity index (χ3n) is 1.05. The van der Waals surface area contributed by atoms with E-state index in [4.69, 9.17) is 5.73 Å². The highest BCUT2D eigenvalue weighted by Crippen LogP contribution is 2.17. The average molecular weight is 142 g/mol. The van der Waals surface area contributed by atoms with Crippen LogP contribution in [0.3, 0.4) is 0 Å². The van der Waals surface area contributed by atoms with Gasteiger partial charge < -0.3 is 5.73 Å². The van der Waals surface area contributed by atoms with E-state index in [1.54, 1.807) is 6.92 Å². The lowest BCUT2D eigenvalue weighted by Crippen LogP contribution is -1.87. The van der Waals surface area contributed by atoms with Crippen LogP contribution in [0.15, 0.2) is 0 Å². The van der Waals surface area contributed by atoms with Crippen LogP contribution in [-0.4, -0.2) is 10.7 Å². The van der Waals surface area contributed by atoms with Crippen LogP contribution in [0, 0.1) is 6.92 Å². The van der Waals surface area contributed by atoms with E-state index in [0.717, 1.165) is 17.8 Å². The molecular formula is C5H6N2OS. The maximum absolute atomic E-state index is 10.2. The number of carbonyl (C=O) groups excluding carboxylic acids is 1. The second kappa shape index (κ2) is 2.14. The van der Waals surface area contributed by atoms with Gasteiger partial charge in [0, 0.05) is 0 Å². The Morgan fingerprint density at radius 1 is 1.78 bits per heavy atom. The van der Waals surface area contributed by atoms with E-state index in [1.165, 1.54) is 0 Å². The molecule has 0 aliphatic rings. The van der Waals surface area contributed by atoms with Crippen molar-refractivity contribution in [1.29, 1.82) is 0 Å². The molecule has 1 aromatic heterocycles. The van der Waals surface area contributed by atoms with Crippen molar-refractivity contribution in [3.05, 3.63) is 11.3 Å². The quantitative estimate of drug-likeness (QED) is 0.591. The van der Waals surface area contributed by atoms with E-state index in [1.807, 2.05) is 0 Å². The fraction of sp³-hybridized carbons (Fsp3) is 0.200. The summed E-state index contributed by atoms with van der Waals surface area (Å²) in [6, 6.07) is 0. The van der Waals surface area contributed by atoms with Gasteiger partial charge in [-0.25, -0.2) is 0 Å². The molecule has 0 aliphatic carbocycles. The van der Waals surface area contributed by atoms with Crippen molar-refractivity contribution < 1.29 is 4.79 Å². The van der Waals surface area contributed by atoms with Gasteiger partial charge in [0.15, 0.2) is 6.29 Å². The molecule has 0 atom stereocenters. The van der Waals surface area contributed by atoms with Crippen molar-refractivity contribution in [1.82, 2.24) is 4.37 Å². The fourth-order valence-corrected chi connectivity index (χ4v) is 1.17.